The van der Waals surface area contributed by atoms with Crippen molar-refractivity contribution in [2.45, 2.75) is 11.1 Å². The SMILES string of the molecule is CCSc1c[n+](-c2ccc(OC)cc2)ns1. The normalized spacial score (nSPS) is 10.4. The van der Waals surface area contributed by atoms with Crippen molar-refractivity contribution in [2.75, 3.05) is 12.9 Å². The second-order valence-electron chi connectivity index (χ2n) is 3.10. The van der Waals surface area contributed by atoms with E-state index >= 15 is 0 Å². The Labute approximate surface area is 103 Å². The monoisotopic (exact) mass is 253 g/mol. The molecule has 16 heavy (non-hydrogen) atoms. The fourth-order valence-electron chi connectivity index (χ4n) is 1.29. The van der Waals surface area contributed by atoms with Gasteiger partial charge in [-0.3, -0.25) is 0 Å². The van der Waals surface area contributed by atoms with Crippen LogP contribution < -0.4 is 9.42 Å². The van der Waals surface area contributed by atoms with E-state index < -0.39 is 0 Å². The summed E-state index contributed by atoms with van der Waals surface area (Å²) in [7, 11) is 1.67. The van der Waals surface area contributed by atoms with Crippen molar-refractivity contribution >= 4 is 23.3 Å². The lowest BCUT2D eigenvalue weighted by Crippen LogP contribution is -2.30. The van der Waals surface area contributed by atoms with Crippen LogP contribution in [0.2, 0.25) is 0 Å². The van der Waals surface area contributed by atoms with Gasteiger partial charge < -0.3 is 4.74 Å². The van der Waals surface area contributed by atoms with Gasteiger partial charge in [-0.15, -0.1) is 11.8 Å². The third-order valence-corrected chi connectivity index (χ3v) is 3.87. The highest BCUT2D eigenvalue weighted by Crippen LogP contribution is 2.19. The first-order valence-corrected chi connectivity index (χ1v) is 6.75. The number of hydrogen-bond acceptors (Lipinski definition) is 4. The molecule has 0 fully saturated rings. The van der Waals surface area contributed by atoms with E-state index in [1.54, 1.807) is 7.11 Å². The number of benzene rings is 1. The number of methoxy groups -OCH3 is 1. The molecule has 0 atom stereocenters. The van der Waals surface area contributed by atoms with E-state index in [-0.39, 0.29) is 0 Å². The molecule has 0 saturated carbocycles. The first-order chi connectivity index (χ1) is 7.83. The first kappa shape index (κ1) is 11.4. The molecule has 0 amide bonds. The van der Waals surface area contributed by atoms with Gasteiger partial charge in [0, 0.05) is 23.7 Å². The Kier molecular flexibility index (Phi) is 3.79. The van der Waals surface area contributed by atoms with Crippen LogP contribution in [0.4, 0.5) is 0 Å². The maximum Gasteiger partial charge on any atom is 0.239 e. The van der Waals surface area contributed by atoms with Crippen LogP contribution >= 0.6 is 23.3 Å². The van der Waals surface area contributed by atoms with E-state index in [9.17, 15) is 0 Å². The Morgan fingerprint density at radius 2 is 2.12 bits per heavy atom. The molecule has 2 rings (SSSR count). The molecule has 0 unspecified atom stereocenters. The topological polar surface area (TPSA) is 26.0 Å². The van der Waals surface area contributed by atoms with Crippen molar-refractivity contribution < 1.29 is 9.42 Å². The molecule has 0 spiro atoms. The minimum absolute atomic E-state index is 0.864. The summed E-state index contributed by atoms with van der Waals surface area (Å²) in [6, 6.07) is 7.88. The molecule has 1 aromatic carbocycles. The Hall–Kier alpha value is -1.07. The second-order valence-corrected chi connectivity index (χ2v) is 5.45. The van der Waals surface area contributed by atoms with Crippen LogP contribution in [-0.2, 0) is 0 Å². The van der Waals surface area contributed by atoms with Crippen LogP contribution in [0.25, 0.3) is 5.69 Å². The summed E-state index contributed by atoms with van der Waals surface area (Å²) >= 11 is 3.33. The van der Waals surface area contributed by atoms with Crippen LogP contribution in [0, 0.1) is 0 Å². The van der Waals surface area contributed by atoms with Gasteiger partial charge in [0.25, 0.3) is 0 Å². The predicted molar refractivity (Wildman–Crippen MR) is 66.6 cm³/mol. The summed E-state index contributed by atoms with van der Waals surface area (Å²) in [5.41, 5.74) is 1.06. The zero-order valence-corrected chi connectivity index (χ0v) is 10.8. The number of rotatable bonds is 4. The molecule has 0 bridgehead atoms. The largest absolute Gasteiger partial charge is 0.497 e. The van der Waals surface area contributed by atoms with Gasteiger partial charge in [-0.05, 0) is 22.6 Å². The Bertz CT molecular complexity index is 453. The number of ether oxygens (including phenoxy) is 1. The Morgan fingerprint density at radius 3 is 2.75 bits per heavy atom. The first-order valence-electron chi connectivity index (χ1n) is 4.99. The van der Waals surface area contributed by atoms with Crippen molar-refractivity contribution in [3.63, 3.8) is 0 Å². The molecular weight excluding hydrogens is 240 g/mol. The predicted octanol–water partition coefficient (Wildman–Crippen LogP) is 2.54. The number of aromatic nitrogens is 2. The molecule has 0 aliphatic heterocycles. The lowest BCUT2D eigenvalue weighted by molar-refractivity contribution is -0.652. The zero-order valence-electron chi connectivity index (χ0n) is 9.21. The fourth-order valence-corrected chi connectivity index (χ4v) is 2.87. The minimum atomic E-state index is 0.864. The molecule has 84 valence electrons. The quantitative estimate of drug-likeness (QED) is 0.618. The van der Waals surface area contributed by atoms with Gasteiger partial charge in [0.15, 0.2) is 4.21 Å². The van der Waals surface area contributed by atoms with Crippen molar-refractivity contribution in [3.8, 4) is 11.4 Å². The third kappa shape index (κ3) is 2.54. The van der Waals surface area contributed by atoms with E-state index in [2.05, 4.69) is 17.6 Å². The molecule has 2 aromatic rings. The Morgan fingerprint density at radius 1 is 1.38 bits per heavy atom. The number of nitrogens with zero attached hydrogens (tertiary/aromatic N) is 2. The molecule has 3 nitrogen and oxygen atoms in total. The minimum Gasteiger partial charge on any atom is -0.497 e. The standard InChI is InChI=1S/C11H13N2OS2/c1-3-15-11-8-13(12-16-11)9-4-6-10(14-2)7-5-9/h4-8H,3H2,1-2H3/q+1. The van der Waals surface area contributed by atoms with Crippen LogP contribution in [0.5, 0.6) is 5.75 Å². The maximum absolute atomic E-state index is 5.12. The molecule has 0 aliphatic carbocycles. The molecule has 0 radical (unpaired) electrons. The lowest BCUT2D eigenvalue weighted by atomic mass is 10.3. The van der Waals surface area contributed by atoms with E-state index in [1.165, 1.54) is 15.7 Å². The van der Waals surface area contributed by atoms with Crippen molar-refractivity contribution in [2.24, 2.45) is 0 Å². The van der Waals surface area contributed by atoms with Crippen LogP contribution in [0.15, 0.2) is 34.7 Å². The van der Waals surface area contributed by atoms with Gasteiger partial charge in [-0.2, -0.15) is 0 Å². The van der Waals surface area contributed by atoms with Gasteiger partial charge >= 0.3 is 0 Å². The van der Waals surface area contributed by atoms with Gasteiger partial charge in [0.05, 0.1) is 11.6 Å². The summed E-state index contributed by atoms with van der Waals surface area (Å²) in [5, 5.41) is 0. The Balaban J connectivity index is 2.21. The summed E-state index contributed by atoms with van der Waals surface area (Å²) in [4.78, 5) is 0. The van der Waals surface area contributed by atoms with Gasteiger partial charge in [0.2, 0.25) is 11.9 Å². The number of thioether (sulfide) groups is 1. The van der Waals surface area contributed by atoms with E-state index in [0.717, 1.165) is 17.2 Å². The average molecular weight is 253 g/mol. The van der Waals surface area contributed by atoms with Crippen molar-refractivity contribution in [1.82, 2.24) is 4.49 Å². The van der Waals surface area contributed by atoms with E-state index in [0.29, 0.717) is 0 Å². The maximum atomic E-state index is 5.12. The molecule has 5 heteroatoms. The smallest absolute Gasteiger partial charge is 0.239 e. The van der Waals surface area contributed by atoms with Crippen molar-refractivity contribution in [1.29, 1.82) is 0 Å². The van der Waals surface area contributed by atoms with E-state index in [1.807, 2.05) is 40.7 Å². The van der Waals surface area contributed by atoms with Gasteiger partial charge in [-0.25, -0.2) is 0 Å². The highest BCUT2D eigenvalue weighted by Gasteiger charge is 2.12. The molecule has 0 saturated heterocycles. The number of hydrogen-bond donors (Lipinski definition) is 0. The highest BCUT2D eigenvalue weighted by molar-refractivity contribution is 8.01. The van der Waals surface area contributed by atoms with Crippen LogP contribution in [-0.4, -0.2) is 17.4 Å². The molecule has 1 heterocycles. The fraction of sp³-hybridized carbons (Fsp3) is 0.273. The summed E-state index contributed by atoms with van der Waals surface area (Å²) in [6.45, 7) is 2.14. The second kappa shape index (κ2) is 5.32. The summed E-state index contributed by atoms with van der Waals surface area (Å²) in [6.07, 6.45) is 2.06. The van der Waals surface area contributed by atoms with E-state index in [4.69, 9.17) is 4.74 Å². The van der Waals surface area contributed by atoms with Gasteiger partial charge in [-0.1, -0.05) is 6.92 Å². The molecule has 0 N–H and O–H groups in total. The zero-order chi connectivity index (χ0) is 11.4. The molecule has 0 aliphatic rings. The molecular formula is C11H13N2OS2+. The van der Waals surface area contributed by atoms with Crippen LogP contribution in [0.1, 0.15) is 6.92 Å². The third-order valence-electron chi connectivity index (χ3n) is 2.07. The highest BCUT2D eigenvalue weighted by atomic mass is 32.2. The van der Waals surface area contributed by atoms with Gasteiger partial charge in [0.1, 0.15) is 5.75 Å². The summed E-state index contributed by atoms with van der Waals surface area (Å²) < 4.78 is 12.6. The van der Waals surface area contributed by atoms with Crippen LogP contribution in [0.3, 0.4) is 0 Å². The lowest BCUT2D eigenvalue weighted by Gasteiger charge is -1.96. The average Bonchev–Trinajstić information content (AvgIpc) is 2.78. The molecule has 1 aromatic heterocycles. The van der Waals surface area contributed by atoms with Crippen molar-refractivity contribution in [3.05, 3.63) is 30.5 Å². The summed E-state index contributed by atoms with van der Waals surface area (Å²) in [5.74, 6) is 1.94.